The second-order valence-corrected chi connectivity index (χ2v) is 9.56. The van der Waals surface area contributed by atoms with E-state index in [0.717, 1.165) is 22.3 Å². The summed E-state index contributed by atoms with van der Waals surface area (Å²) in [7, 11) is -3.91. The van der Waals surface area contributed by atoms with Crippen LogP contribution in [0.3, 0.4) is 0 Å². The molecule has 6 heteroatoms. The maximum Gasteiger partial charge on any atom is 0.264 e. The molecular weight excluding hydrogens is 408 g/mol. The lowest BCUT2D eigenvalue weighted by Crippen LogP contribution is -2.41. The Morgan fingerprint density at radius 3 is 2.16 bits per heavy atom. The molecule has 0 aliphatic carbocycles. The van der Waals surface area contributed by atoms with E-state index in [-0.39, 0.29) is 17.3 Å². The Hall–Kier alpha value is -3.12. The van der Waals surface area contributed by atoms with E-state index in [2.05, 4.69) is 5.32 Å². The van der Waals surface area contributed by atoms with Crippen LogP contribution in [0.2, 0.25) is 0 Å². The van der Waals surface area contributed by atoms with Crippen molar-refractivity contribution in [3.63, 3.8) is 0 Å². The highest BCUT2D eigenvalue weighted by molar-refractivity contribution is 7.92. The quantitative estimate of drug-likeness (QED) is 0.576. The molecule has 3 rings (SSSR count). The zero-order valence-corrected chi connectivity index (χ0v) is 18.9. The summed E-state index contributed by atoms with van der Waals surface area (Å²) in [4.78, 5) is 12.9. The van der Waals surface area contributed by atoms with Crippen molar-refractivity contribution in [1.82, 2.24) is 5.32 Å². The Balaban J connectivity index is 1.83. The molecule has 162 valence electrons. The topological polar surface area (TPSA) is 66.5 Å². The first-order chi connectivity index (χ1) is 14.8. The van der Waals surface area contributed by atoms with Crippen molar-refractivity contribution in [3.8, 4) is 0 Å². The van der Waals surface area contributed by atoms with Gasteiger partial charge in [0.15, 0.2) is 0 Å². The van der Waals surface area contributed by atoms with Gasteiger partial charge in [0.1, 0.15) is 6.54 Å². The summed E-state index contributed by atoms with van der Waals surface area (Å²) < 4.78 is 28.1. The minimum atomic E-state index is -3.91. The Morgan fingerprint density at radius 1 is 0.871 bits per heavy atom. The highest BCUT2D eigenvalue weighted by Crippen LogP contribution is 2.27. The molecule has 0 radical (unpaired) electrons. The largest absolute Gasteiger partial charge is 0.354 e. The number of carbonyl (C=O) groups excluding carboxylic acids is 1. The van der Waals surface area contributed by atoms with Gasteiger partial charge < -0.3 is 5.32 Å². The number of nitrogens with zero attached hydrogens (tertiary/aromatic N) is 1. The van der Waals surface area contributed by atoms with Crippen LogP contribution in [0, 0.1) is 20.8 Å². The van der Waals surface area contributed by atoms with E-state index in [1.54, 1.807) is 30.3 Å². The van der Waals surface area contributed by atoms with Gasteiger partial charge in [-0.2, -0.15) is 0 Å². The highest BCUT2D eigenvalue weighted by Gasteiger charge is 2.28. The molecule has 0 aliphatic heterocycles. The summed E-state index contributed by atoms with van der Waals surface area (Å²) in [5.41, 5.74) is 4.41. The number of sulfonamides is 1. The standard InChI is InChI=1S/C25H28N2O3S/c1-19-9-12-23(13-10-19)31(29,30)27(24-14-11-20(2)17-21(24)3)18-25(28)26-16-15-22-7-5-4-6-8-22/h4-14,17H,15-16,18H2,1-3H3,(H,26,28). The van der Waals surface area contributed by atoms with Crippen LogP contribution in [0.15, 0.2) is 77.7 Å². The van der Waals surface area contributed by atoms with Gasteiger partial charge in [0.25, 0.3) is 10.0 Å². The van der Waals surface area contributed by atoms with Gasteiger partial charge in [-0.25, -0.2) is 8.42 Å². The maximum atomic E-state index is 13.5. The van der Waals surface area contributed by atoms with Crippen LogP contribution in [0.1, 0.15) is 22.3 Å². The van der Waals surface area contributed by atoms with Gasteiger partial charge in [-0.05, 0) is 56.5 Å². The van der Waals surface area contributed by atoms with Crippen molar-refractivity contribution >= 4 is 21.6 Å². The molecule has 3 aromatic carbocycles. The van der Waals surface area contributed by atoms with Crippen molar-refractivity contribution in [3.05, 3.63) is 95.1 Å². The average Bonchev–Trinajstić information content (AvgIpc) is 2.73. The lowest BCUT2D eigenvalue weighted by molar-refractivity contribution is -0.119. The van der Waals surface area contributed by atoms with Crippen LogP contribution in [-0.4, -0.2) is 27.4 Å². The van der Waals surface area contributed by atoms with Crippen LogP contribution < -0.4 is 9.62 Å². The van der Waals surface area contributed by atoms with Gasteiger partial charge >= 0.3 is 0 Å². The van der Waals surface area contributed by atoms with E-state index >= 15 is 0 Å². The average molecular weight is 437 g/mol. The Labute approximate surface area is 184 Å². The second-order valence-electron chi connectivity index (χ2n) is 7.70. The van der Waals surface area contributed by atoms with Gasteiger partial charge in [-0.1, -0.05) is 65.7 Å². The van der Waals surface area contributed by atoms with Gasteiger partial charge in [0, 0.05) is 6.54 Å². The van der Waals surface area contributed by atoms with Crippen molar-refractivity contribution in [2.24, 2.45) is 0 Å². The molecule has 3 aromatic rings. The zero-order chi connectivity index (χ0) is 22.4. The van der Waals surface area contributed by atoms with E-state index in [9.17, 15) is 13.2 Å². The number of benzene rings is 3. The molecule has 0 aromatic heterocycles. The van der Waals surface area contributed by atoms with Crippen molar-refractivity contribution in [2.45, 2.75) is 32.1 Å². The normalized spacial score (nSPS) is 11.2. The molecule has 0 heterocycles. The number of hydrogen-bond acceptors (Lipinski definition) is 3. The fourth-order valence-electron chi connectivity index (χ4n) is 3.40. The lowest BCUT2D eigenvalue weighted by Gasteiger charge is -2.26. The van der Waals surface area contributed by atoms with Crippen molar-refractivity contribution in [2.75, 3.05) is 17.4 Å². The lowest BCUT2D eigenvalue weighted by atomic mass is 10.1. The Morgan fingerprint density at radius 2 is 1.52 bits per heavy atom. The number of hydrogen-bond donors (Lipinski definition) is 1. The molecule has 0 saturated heterocycles. The smallest absolute Gasteiger partial charge is 0.264 e. The zero-order valence-electron chi connectivity index (χ0n) is 18.1. The SMILES string of the molecule is Cc1ccc(S(=O)(=O)N(CC(=O)NCCc2ccccc2)c2ccc(C)cc2C)cc1. The molecule has 1 N–H and O–H groups in total. The number of anilines is 1. The Bertz CT molecular complexity index is 1140. The summed E-state index contributed by atoms with van der Waals surface area (Å²) in [6.07, 6.45) is 0.681. The fraction of sp³-hybridized carbons (Fsp3) is 0.240. The van der Waals surface area contributed by atoms with Gasteiger partial charge in [-0.3, -0.25) is 9.10 Å². The van der Waals surface area contributed by atoms with Crippen molar-refractivity contribution in [1.29, 1.82) is 0 Å². The molecule has 31 heavy (non-hydrogen) atoms. The van der Waals surface area contributed by atoms with Gasteiger partial charge in [0.05, 0.1) is 10.6 Å². The van der Waals surface area contributed by atoms with Gasteiger partial charge in [-0.15, -0.1) is 0 Å². The number of aryl methyl sites for hydroxylation is 3. The van der Waals surface area contributed by atoms with E-state index in [0.29, 0.717) is 18.7 Å². The number of carbonyl (C=O) groups is 1. The summed E-state index contributed by atoms with van der Waals surface area (Å²) in [6, 6.07) is 22.0. The predicted octanol–water partition coefficient (Wildman–Crippen LogP) is 4.17. The van der Waals surface area contributed by atoms with Gasteiger partial charge in [0.2, 0.25) is 5.91 Å². The van der Waals surface area contributed by atoms with E-state index in [1.807, 2.05) is 63.2 Å². The van der Waals surface area contributed by atoms with Crippen molar-refractivity contribution < 1.29 is 13.2 Å². The molecule has 0 fully saturated rings. The molecule has 0 aliphatic rings. The number of rotatable bonds is 8. The molecule has 0 saturated carbocycles. The monoisotopic (exact) mass is 436 g/mol. The third-order valence-electron chi connectivity index (χ3n) is 5.10. The van der Waals surface area contributed by atoms with E-state index in [1.165, 1.54) is 4.31 Å². The van der Waals surface area contributed by atoms with E-state index in [4.69, 9.17) is 0 Å². The maximum absolute atomic E-state index is 13.5. The van der Waals surface area contributed by atoms with Crippen LogP contribution in [0.5, 0.6) is 0 Å². The van der Waals surface area contributed by atoms with Crippen LogP contribution >= 0.6 is 0 Å². The third-order valence-corrected chi connectivity index (χ3v) is 6.87. The van der Waals surface area contributed by atoms with Crippen LogP contribution in [0.4, 0.5) is 5.69 Å². The highest BCUT2D eigenvalue weighted by atomic mass is 32.2. The molecule has 0 atom stereocenters. The molecule has 1 amide bonds. The van der Waals surface area contributed by atoms with E-state index < -0.39 is 10.0 Å². The summed E-state index contributed by atoms with van der Waals surface area (Å²) in [5, 5.41) is 2.85. The minimum Gasteiger partial charge on any atom is -0.354 e. The molecule has 0 bridgehead atoms. The number of nitrogens with one attached hydrogen (secondary N) is 1. The molecule has 0 unspecified atom stereocenters. The molecule has 5 nitrogen and oxygen atoms in total. The molecule has 0 spiro atoms. The van der Waals surface area contributed by atoms with Crippen LogP contribution in [0.25, 0.3) is 0 Å². The summed E-state index contributed by atoms with van der Waals surface area (Å²) in [6.45, 7) is 5.86. The first-order valence-electron chi connectivity index (χ1n) is 10.2. The summed E-state index contributed by atoms with van der Waals surface area (Å²) in [5.74, 6) is -0.341. The number of amides is 1. The first kappa shape index (κ1) is 22.6. The second kappa shape index (κ2) is 9.79. The Kier molecular flexibility index (Phi) is 7.13. The molecular formula is C25H28N2O3S. The first-order valence-corrected chi connectivity index (χ1v) is 11.7. The predicted molar refractivity (Wildman–Crippen MR) is 125 cm³/mol. The third kappa shape index (κ3) is 5.73. The van der Waals surface area contributed by atoms with Crippen LogP contribution in [-0.2, 0) is 21.2 Å². The minimum absolute atomic E-state index is 0.162. The summed E-state index contributed by atoms with van der Waals surface area (Å²) >= 11 is 0. The fourth-order valence-corrected chi connectivity index (χ4v) is 4.89.